The van der Waals surface area contributed by atoms with Gasteiger partial charge in [0.15, 0.2) is 11.5 Å². The summed E-state index contributed by atoms with van der Waals surface area (Å²) >= 11 is 0. The Morgan fingerprint density at radius 2 is 1.81 bits per heavy atom. The predicted octanol–water partition coefficient (Wildman–Crippen LogP) is 3.19. The van der Waals surface area contributed by atoms with Crippen molar-refractivity contribution in [3.8, 4) is 11.8 Å². The first-order valence-corrected chi connectivity index (χ1v) is 10.2. The second-order valence-electron chi connectivity index (χ2n) is 8.23. The molecule has 1 saturated heterocycles. The van der Waals surface area contributed by atoms with Crippen LogP contribution in [0.5, 0.6) is 5.75 Å². The fourth-order valence-corrected chi connectivity index (χ4v) is 4.54. The Morgan fingerprint density at radius 1 is 1.06 bits per heavy atom. The summed E-state index contributed by atoms with van der Waals surface area (Å²) in [6, 6.07) is 13.3. The topological polar surface area (TPSA) is 102 Å². The van der Waals surface area contributed by atoms with Crippen LogP contribution in [0.3, 0.4) is 0 Å². The maximum atomic E-state index is 12.8. The number of likely N-dealkylation sites (tertiary alicyclic amines) is 1. The Labute approximate surface area is 185 Å². The number of Topliss-reactive ketones (excluding diaryl/α,β-unsaturated/α-hetero) is 1. The first-order valence-electron chi connectivity index (χ1n) is 10.2. The van der Waals surface area contributed by atoms with Gasteiger partial charge in [0.05, 0.1) is 29.1 Å². The molecular weight excluding hydrogens is 416 g/mol. The molecule has 2 N–H and O–H groups in total. The summed E-state index contributed by atoms with van der Waals surface area (Å²) in [7, 11) is 0. The van der Waals surface area contributed by atoms with Crippen molar-refractivity contribution in [3.05, 3.63) is 63.6 Å². The van der Waals surface area contributed by atoms with Gasteiger partial charge in [-0.15, -0.1) is 12.4 Å². The molecule has 31 heavy (non-hydrogen) atoms. The molecule has 2 aliphatic heterocycles. The smallest absolute Gasteiger partial charge is 0.323 e. The maximum absolute atomic E-state index is 12.8. The Balaban J connectivity index is 0.00000231. The highest BCUT2D eigenvalue weighted by molar-refractivity contribution is 6.05. The summed E-state index contributed by atoms with van der Waals surface area (Å²) in [6.45, 7) is 2.65. The van der Waals surface area contributed by atoms with E-state index in [2.05, 4.69) is 20.9 Å². The van der Waals surface area contributed by atoms with Crippen molar-refractivity contribution in [2.45, 2.75) is 31.3 Å². The number of rotatable bonds is 3. The van der Waals surface area contributed by atoms with Crippen molar-refractivity contribution >= 4 is 29.2 Å². The highest BCUT2D eigenvalue weighted by atomic mass is 35.5. The van der Waals surface area contributed by atoms with E-state index in [4.69, 9.17) is 10.00 Å². The zero-order valence-electron chi connectivity index (χ0n) is 16.9. The van der Waals surface area contributed by atoms with Crippen molar-refractivity contribution in [1.29, 1.82) is 5.26 Å². The lowest BCUT2D eigenvalue weighted by Crippen LogP contribution is -2.51. The number of carbonyl (C=O) groups excluding carboxylic acids is 1. The number of hydrogen-bond acceptors (Lipinski definition) is 5. The SMILES string of the molecule is Cl.N#Cc1ccc(CCN2CCC3(CC2)CC(=O)c2ccc4[nH]c(=O)[nH]c4c2O3)cc1. The Kier molecular flexibility index (Phi) is 5.61. The highest BCUT2D eigenvalue weighted by Crippen LogP contribution is 2.41. The van der Waals surface area contributed by atoms with Crippen molar-refractivity contribution in [3.63, 3.8) is 0 Å². The molecule has 0 unspecified atom stereocenters. The highest BCUT2D eigenvalue weighted by Gasteiger charge is 2.43. The minimum atomic E-state index is -0.503. The predicted molar refractivity (Wildman–Crippen MR) is 119 cm³/mol. The lowest BCUT2D eigenvalue weighted by atomic mass is 9.82. The number of aromatic nitrogens is 2. The van der Waals surface area contributed by atoms with Crippen LogP contribution in [0, 0.1) is 11.3 Å². The number of benzene rings is 2. The van der Waals surface area contributed by atoms with Crippen LogP contribution in [-0.4, -0.2) is 45.9 Å². The molecule has 0 bridgehead atoms. The largest absolute Gasteiger partial charge is 0.484 e. The number of aromatic amines is 2. The summed E-state index contributed by atoms with van der Waals surface area (Å²) < 4.78 is 6.43. The van der Waals surface area contributed by atoms with Crippen LogP contribution in [0.15, 0.2) is 41.2 Å². The second kappa shape index (κ2) is 8.22. The Hall–Kier alpha value is -3.08. The molecule has 1 fully saturated rings. The van der Waals surface area contributed by atoms with Crippen molar-refractivity contribution in [1.82, 2.24) is 14.9 Å². The average molecular weight is 439 g/mol. The van der Waals surface area contributed by atoms with Crippen LogP contribution in [-0.2, 0) is 6.42 Å². The van der Waals surface area contributed by atoms with E-state index in [-0.39, 0.29) is 23.9 Å². The monoisotopic (exact) mass is 438 g/mol. The molecule has 0 saturated carbocycles. The molecule has 1 spiro atoms. The van der Waals surface area contributed by atoms with Crippen molar-refractivity contribution < 1.29 is 9.53 Å². The number of halogens is 1. The minimum absolute atomic E-state index is 0. The molecule has 0 atom stereocenters. The Morgan fingerprint density at radius 3 is 2.52 bits per heavy atom. The number of H-pyrrole nitrogens is 2. The first-order chi connectivity index (χ1) is 14.5. The van der Waals surface area contributed by atoms with Crippen LogP contribution in [0.1, 0.15) is 40.7 Å². The Bertz CT molecular complexity index is 1210. The quantitative estimate of drug-likeness (QED) is 0.653. The number of fused-ring (bicyclic) bond motifs is 3. The number of imidazole rings is 1. The lowest BCUT2D eigenvalue weighted by Gasteiger charge is -2.44. The fraction of sp³-hybridized carbons (Fsp3) is 0.348. The van der Waals surface area contributed by atoms with E-state index in [1.54, 1.807) is 12.1 Å². The molecule has 0 aliphatic carbocycles. The number of carbonyl (C=O) groups is 1. The van der Waals surface area contributed by atoms with Gasteiger partial charge in [-0.25, -0.2) is 4.79 Å². The molecule has 3 aromatic rings. The molecule has 2 aliphatic rings. The second-order valence-corrected chi connectivity index (χ2v) is 8.23. The summed E-state index contributed by atoms with van der Waals surface area (Å²) in [5.41, 5.74) is 2.87. The number of nitriles is 1. The van der Waals surface area contributed by atoms with E-state index in [1.807, 2.05) is 24.3 Å². The molecule has 8 heteroatoms. The zero-order valence-corrected chi connectivity index (χ0v) is 17.8. The standard InChI is InChI=1S/C23H22N4O3.ClH/c24-14-16-3-1-15(2-4-16)7-10-27-11-8-23(9-12-27)13-19(28)17-5-6-18-20(21(17)30-23)26-22(29)25-18;/h1-6H,7-13H2,(H2,25,26,29);1H. The van der Waals surface area contributed by atoms with E-state index in [9.17, 15) is 9.59 Å². The van der Waals surface area contributed by atoms with E-state index in [1.165, 1.54) is 5.56 Å². The van der Waals surface area contributed by atoms with Gasteiger partial charge in [0.25, 0.3) is 0 Å². The third kappa shape index (κ3) is 3.97. The number of ketones is 1. The number of ether oxygens (including phenoxy) is 1. The van der Waals surface area contributed by atoms with Crippen molar-refractivity contribution in [2.75, 3.05) is 19.6 Å². The third-order valence-corrected chi connectivity index (χ3v) is 6.31. The molecule has 0 radical (unpaired) electrons. The number of hydrogen-bond donors (Lipinski definition) is 2. The number of piperidine rings is 1. The number of nitrogens with one attached hydrogen (secondary N) is 2. The normalized spacial score (nSPS) is 17.6. The van der Waals surface area contributed by atoms with E-state index < -0.39 is 5.60 Å². The molecule has 7 nitrogen and oxygen atoms in total. The van der Waals surface area contributed by atoms with Crippen LogP contribution < -0.4 is 10.4 Å². The van der Waals surface area contributed by atoms with Crippen LogP contribution in [0.4, 0.5) is 0 Å². The minimum Gasteiger partial charge on any atom is -0.484 e. The van der Waals surface area contributed by atoms with Gasteiger partial charge in [0.2, 0.25) is 0 Å². The molecule has 1 aromatic heterocycles. The molecule has 0 amide bonds. The summed E-state index contributed by atoms with van der Waals surface area (Å²) in [5, 5.41) is 8.91. The van der Waals surface area contributed by atoms with Gasteiger partial charge in [-0.05, 0) is 36.2 Å². The average Bonchev–Trinajstić information content (AvgIpc) is 3.15. The fourth-order valence-electron chi connectivity index (χ4n) is 4.54. The maximum Gasteiger partial charge on any atom is 0.323 e. The molecule has 3 heterocycles. The molecular formula is C23H23ClN4O3. The van der Waals surface area contributed by atoms with Crippen molar-refractivity contribution in [2.24, 2.45) is 0 Å². The molecule has 5 rings (SSSR count). The summed E-state index contributed by atoms with van der Waals surface area (Å²) in [4.78, 5) is 32.4. The molecule has 160 valence electrons. The molecule has 2 aromatic carbocycles. The first kappa shape index (κ1) is 21.2. The van der Waals surface area contributed by atoms with Gasteiger partial charge >= 0.3 is 5.69 Å². The third-order valence-electron chi connectivity index (χ3n) is 6.31. The van der Waals surface area contributed by atoms with Gasteiger partial charge in [-0.3, -0.25) is 4.79 Å². The number of nitrogens with zero attached hydrogens (tertiary/aromatic N) is 2. The summed E-state index contributed by atoms with van der Waals surface area (Å²) in [5.74, 6) is 0.583. The van der Waals surface area contributed by atoms with E-state index in [0.717, 1.165) is 38.9 Å². The van der Waals surface area contributed by atoms with Gasteiger partial charge in [-0.2, -0.15) is 5.26 Å². The van der Waals surface area contributed by atoms with Crippen LogP contribution in [0.2, 0.25) is 0 Å². The van der Waals surface area contributed by atoms with Gasteiger partial charge in [0.1, 0.15) is 11.1 Å². The van der Waals surface area contributed by atoms with Gasteiger partial charge < -0.3 is 19.6 Å². The van der Waals surface area contributed by atoms with Crippen LogP contribution in [0.25, 0.3) is 11.0 Å². The van der Waals surface area contributed by atoms with E-state index >= 15 is 0 Å². The van der Waals surface area contributed by atoms with Gasteiger partial charge in [-0.1, -0.05) is 12.1 Å². The van der Waals surface area contributed by atoms with Gasteiger partial charge in [0, 0.05) is 32.5 Å². The zero-order chi connectivity index (χ0) is 20.7. The lowest BCUT2D eigenvalue weighted by molar-refractivity contribution is -0.00767. The summed E-state index contributed by atoms with van der Waals surface area (Å²) in [6.07, 6.45) is 2.85. The van der Waals surface area contributed by atoms with Crippen LogP contribution >= 0.6 is 12.4 Å². The van der Waals surface area contributed by atoms with E-state index in [0.29, 0.717) is 34.3 Å².